The van der Waals surface area contributed by atoms with Crippen molar-refractivity contribution in [2.24, 2.45) is 4.99 Å². The summed E-state index contributed by atoms with van der Waals surface area (Å²) in [5.74, 6) is 2.87. The van der Waals surface area contributed by atoms with Crippen molar-refractivity contribution in [1.29, 1.82) is 0 Å². The van der Waals surface area contributed by atoms with E-state index < -0.39 is 0 Å². The average molecular weight is 482 g/mol. The number of aromatic nitrogens is 3. The number of halogens is 1. The molecule has 4 rings (SSSR count). The van der Waals surface area contributed by atoms with E-state index in [0.29, 0.717) is 12.1 Å². The molecule has 0 saturated heterocycles. The Morgan fingerprint density at radius 3 is 2.93 bits per heavy atom. The van der Waals surface area contributed by atoms with E-state index in [-0.39, 0.29) is 29.4 Å². The summed E-state index contributed by atoms with van der Waals surface area (Å²) in [6, 6.07) is 8.93. The fourth-order valence-corrected chi connectivity index (χ4v) is 3.87. The van der Waals surface area contributed by atoms with Crippen LogP contribution in [0.3, 0.4) is 0 Å². The molecule has 27 heavy (non-hydrogen) atoms. The van der Waals surface area contributed by atoms with Crippen LogP contribution in [0, 0.1) is 0 Å². The van der Waals surface area contributed by atoms with Crippen LogP contribution in [-0.4, -0.2) is 47.0 Å². The van der Waals surface area contributed by atoms with Crippen molar-refractivity contribution in [1.82, 2.24) is 25.4 Å². The number of fused-ring (bicyclic) bond motifs is 1. The Hall–Kier alpha value is -1.84. The predicted octanol–water partition coefficient (Wildman–Crippen LogP) is 2.11. The summed E-state index contributed by atoms with van der Waals surface area (Å²) in [7, 11) is 3.55. The molecule has 0 spiro atoms. The first-order valence-corrected chi connectivity index (χ1v) is 9.14. The van der Waals surface area contributed by atoms with Gasteiger partial charge < -0.3 is 15.4 Å². The molecule has 146 valence electrons. The standard InChI is InChI=1S/C19H26N6O.HI/c1-19(14-6-4-5-7-15(14)26-3)10-16(19)24-18(20-2)23-13-8-9-17-21-12-22-25(17)11-13;/h4-7,12-13,16H,8-11H2,1-3H3,(H2,20,23,24);1H. The highest BCUT2D eigenvalue weighted by Crippen LogP contribution is 2.50. The molecule has 1 aliphatic heterocycles. The zero-order valence-corrected chi connectivity index (χ0v) is 18.3. The van der Waals surface area contributed by atoms with E-state index in [4.69, 9.17) is 4.74 Å². The Morgan fingerprint density at radius 2 is 2.15 bits per heavy atom. The SMILES string of the molecule is CN=C(NC1CCc2ncnn2C1)NC1CC1(C)c1ccccc1OC.I. The normalized spacial score (nSPS) is 26.6. The molecule has 1 aliphatic carbocycles. The van der Waals surface area contributed by atoms with Crippen LogP contribution in [0.2, 0.25) is 0 Å². The molecule has 1 saturated carbocycles. The zero-order chi connectivity index (χ0) is 18.1. The molecule has 3 unspecified atom stereocenters. The summed E-state index contributed by atoms with van der Waals surface area (Å²) in [4.78, 5) is 8.71. The van der Waals surface area contributed by atoms with E-state index in [1.165, 1.54) is 5.56 Å². The average Bonchev–Trinajstić information content (AvgIpc) is 3.10. The Morgan fingerprint density at radius 1 is 1.33 bits per heavy atom. The minimum atomic E-state index is 0. The number of hydrogen-bond donors (Lipinski definition) is 2. The van der Waals surface area contributed by atoms with Crippen LogP contribution in [0.4, 0.5) is 0 Å². The summed E-state index contributed by atoms with van der Waals surface area (Å²) in [6.45, 7) is 3.10. The van der Waals surface area contributed by atoms with Crippen LogP contribution in [-0.2, 0) is 18.4 Å². The van der Waals surface area contributed by atoms with Gasteiger partial charge in [0.15, 0.2) is 5.96 Å². The molecule has 0 bridgehead atoms. The third kappa shape index (κ3) is 3.90. The van der Waals surface area contributed by atoms with Crippen LogP contribution >= 0.6 is 24.0 Å². The van der Waals surface area contributed by atoms with Gasteiger partial charge in [-0.2, -0.15) is 5.10 Å². The van der Waals surface area contributed by atoms with Crippen molar-refractivity contribution in [2.75, 3.05) is 14.2 Å². The lowest BCUT2D eigenvalue weighted by atomic mass is 9.96. The maximum atomic E-state index is 5.55. The number of aryl methyl sites for hydroxylation is 1. The molecular weight excluding hydrogens is 455 g/mol. The molecule has 2 aliphatic rings. The number of methoxy groups -OCH3 is 1. The first-order chi connectivity index (χ1) is 12.6. The van der Waals surface area contributed by atoms with Gasteiger partial charge in [0.2, 0.25) is 0 Å². The summed E-state index contributed by atoms with van der Waals surface area (Å²) >= 11 is 0. The first kappa shape index (κ1) is 19.9. The second-order valence-corrected chi connectivity index (χ2v) is 7.33. The molecule has 1 aromatic carbocycles. The van der Waals surface area contributed by atoms with Gasteiger partial charge in [-0.15, -0.1) is 24.0 Å². The minimum Gasteiger partial charge on any atom is -0.496 e. The Bertz CT molecular complexity index is 822. The highest BCUT2D eigenvalue weighted by atomic mass is 127. The van der Waals surface area contributed by atoms with Gasteiger partial charge in [-0.05, 0) is 18.9 Å². The second-order valence-electron chi connectivity index (χ2n) is 7.33. The molecule has 2 N–H and O–H groups in total. The predicted molar refractivity (Wildman–Crippen MR) is 116 cm³/mol. The van der Waals surface area contributed by atoms with Crippen molar-refractivity contribution < 1.29 is 4.74 Å². The van der Waals surface area contributed by atoms with Crippen molar-refractivity contribution in [3.05, 3.63) is 42.0 Å². The van der Waals surface area contributed by atoms with E-state index in [1.54, 1.807) is 13.4 Å². The number of nitrogens with zero attached hydrogens (tertiary/aromatic N) is 4. The van der Waals surface area contributed by atoms with Crippen molar-refractivity contribution >= 4 is 29.9 Å². The number of ether oxygens (including phenoxy) is 1. The van der Waals surface area contributed by atoms with Gasteiger partial charge in [-0.25, -0.2) is 9.67 Å². The molecular formula is C19H27IN6O. The summed E-state index contributed by atoms with van der Waals surface area (Å²) < 4.78 is 7.53. The quantitative estimate of drug-likeness (QED) is 0.397. The number of rotatable bonds is 4. The summed E-state index contributed by atoms with van der Waals surface area (Å²) in [5.41, 5.74) is 1.32. The molecule has 2 aromatic rings. The van der Waals surface area contributed by atoms with E-state index in [1.807, 2.05) is 23.9 Å². The number of hydrogen-bond acceptors (Lipinski definition) is 4. The van der Waals surface area contributed by atoms with Crippen LogP contribution in [0.15, 0.2) is 35.6 Å². The van der Waals surface area contributed by atoms with Gasteiger partial charge in [-0.1, -0.05) is 25.1 Å². The van der Waals surface area contributed by atoms with Gasteiger partial charge in [0.25, 0.3) is 0 Å². The Labute approximate surface area is 177 Å². The number of guanidine groups is 1. The lowest BCUT2D eigenvalue weighted by Crippen LogP contribution is -2.48. The lowest BCUT2D eigenvalue weighted by Gasteiger charge is -2.26. The highest BCUT2D eigenvalue weighted by molar-refractivity contribution is 14.0. The van der Waals surface area contributed by atoms with Crippen molar-refractivity contribution in [3.63, 3.8) is 0 Å². The third-order valence-electron chi connectivity index (χ3n) is 5.64. The molecule has 1 aromatic heterocycles. The molecule has 1 fully saturated rings. The molecule has 0 radical (unpaired) electrons. The third-order valence-corrected chi connectivity index (χ3v) is 5.64. The van der Waals surface area contributed by atoms with E-state index in [0.717, 1.165) is 43.3 Å². The van der Waals surface area contributed by atoms with Crippen LogP contribution in [0.1, 0.15) is 31.2 Å². The molecule has 3 atom stereocenters. The number of para-hydroxylation sites is 1. The first-order valence-electron chi connectivity index (χ1n) is 9.14. The van der Waals surface area contributed by atoms with Crippen molar-refractivity contribution in [2.45, 2.75) is 50.2 Å². The molecule has 7 nitrogen and oxygen atoms in total. The summed E-state index contributed by atoms with van der Waals surface area (Å²) in [6.07, 6.45) is 4.67. The fraction of sp³-hybridized carbons (Fsp3) is 0.526. The Balaban J connectivity index is 0.00000210. The summed E-state index contributed by atoms with van der Waals surface area (Å²) in [5, 5.41) is 11.4. The fourth-order valence-electron chi connectivity index (χ4n) is 3.87. The maximum absolute atomic E-state index is 5.55. The zero-order valence-electron chi connectivity index (χ0n) is 16.0. The van der Waals surface area contributed by atoms with Crippen LogP contribution in [0.5, 0.6) is 5.75 Å². The number of aliphatic imine (C=N–C) groups is 1. The van der Waals surface area contributed by atoms with E-state index in [2.05, 4.69) is 44.8 Å². The van der Waals surface area contributed by atoms with Gasteiger partial charge in [-0.3, -0.25) is 4.99 Å². The van der Waals surface area contributed by atoms with E-state index in [9.17, 15) is 0 Å². The Kier molecular flexibility index (Phi) is 5.92. The largest absolute Gasteiger partial charge is 0.496 e. The van der Waals surface area contributed by atoms with E-state index >= 15 is 0 Å². The van der Waals surface area contributed by atoms with Gasteiger partial charge >= 0.3 is 0 Å². The van der Waals surface area contributed by atoms with Crippen LogP contribution in [0.25, 0.3) is 0 Å². The van der Waals surface area contributed by atoms with Gasteiger partial charge in [0, 0.05) is 36.5 Å². The maximum Gasteiger partial charge on any atom is 0.191 e. The minimum absolute atomic E-state index is 0. The van der Waals surface area contributed by atoms with Gasteiger partial charge in [0.1, 0.15) is 17.9 Å². The number of benzene rings is 1. The number of nitrogens with one attached hydrogen (secondary N) is 2. The molecule has 2 heterocycles. The van der Waals surface area contributed by atoms with Gasteiger partial charge in [0.05, 0.1) is 13.7 Å². The topological polar surface area (TPSA) is 76.4 Å². The lowest BCUT2D eigenvalue weighted by molar-refractivity contribution is 0.392. The van der Waals surface area contributed by atoms with Crippen molar-refractivity contribution in [3.8, 4) is 5.75 Å². The van der Waals surface area contributed by atoms with Crippen LogP contribution < -0.4 is 15.4 Å². The molecule has 8 heteroatoms. The smallest absolute Gasteiger partial charge is 0.191 e. The molecule has 0 amide bonds. The monoisotopic (exact) mass is 482 g/mol. The second kappa shape index (κ2) is 8.04. The highest BCUT2D eigenvalue weighted by Gasteiger charge is 2.53.